The highest BCUT2D eigenvalue weighted by Gasteiger charge is 2.27. The van der Waals surface area contributed by atoms with E-state index in [1.165, 1.54) is 24.3 Å². The van der Waals surface area contributed by atoms with E-state index >= 15 is 0 Å². The van der Waals surface area contributed by atoms with Crippen LogP contribution in [-0.4, -0.2) is 48.2 Å². The monoisotopic (exact) mass is 529 g/mol. The Morgan fingerprint density at radius 2 is 1.34 bits per heavy atom. The predicted molar refractivity (Wildman–Crippen MR) is 152 cm³/mol. The third-order valence-corrected chi connectivity index (χ3v) is 7.25. The number of ether oxygens (including phenoxy) is 1. The minimum Gasteiger partial charge on any atom is -0.495 e. The quantitative estimate of drug-likeness (QED) is 0.279. The predicted octanol–water partition coefficient (Wildman–Crippen LogP) is 6.74. The second-order valence-corrected chi connectivity index (χ2v) is 9.63. The molecule has 7 heteroatoms. The fourth-order valence-corrected chi connectivity index (χ4v) is 5.19. The number of benzene rings is 4. The molecule has 194 valence electrons. The van der Waals surface area contributed by atoms with Crippen LogP contribution >= 0.6 is 12.2 Å². The van der Waals surface area contributed by atoms with Crippen molar-refractivity contribution in [1.82, 2.24) is 9.80 Å². The lowest BCUT2D eigenvalue weighted by Crippen LogP contribution is -2.51. The Bertz CT molecular complexity index is 1330. The van der Waals surface area contributed by atoms with Gasteiger partial charge in [-0.1, -0.05) is 60.7 Å². The molecule has 0 amide bonds. The van der Waals surface area contributed by atoms with Crippen LogP contribution in [0.15, 0.2) is 97.1 Å². The molecule has 0 spiro atoms. The van der Waals surface area contributed by atoms with Gasteiger partial charge >= 0.3 is 0 Å². The minimum atomic E-state index is -0.278. The Morgan fingerprint density at radius 1 is 0.763 bits per heavy atom. The summed E-state index contributed by atoms with van der Waals surface area (Å²) in [5, 5.41) is 4.02. The van der Waals surface area contributed by atoms with E-state index in [4.69, 9.17) is 17.0 Å². The molecular weight excluding hydrogens is 500 g/mol. The molecule has 0 aliphatic carbocycles. The van der Waals surface area contributed by atoms with E-state index in [-0.39, 0.29) is 17.7 Å². The van der Waals surface area contributed by atoms with Crippen LogP contribution in [0.1, 0.15) is 17.2 Å². The summed E-state index contributed by atoms with van der Waals surface area (Å²) in [6, 6.07) is 29.2. The molecule has 1 aliphatic heterocycles. The number of hydrogen-bond acceptors (Lipinski definition) is 3. The SMILES string of the molecule is COc1ccc(-c2ccccc2)cc1NC(=S)N1CCN(C(c2ccc(F)cc2)c2ccc(F)cc2)CC1. The summed E-state index contributed by atoms with van der Waals surface area (Å²) < 4.78 is 32.9. The smallest absolute Gasteiger partial charge is 0.173 e. The van der Waals surface area contributed by atoms with Gasteiger partial charge in [0.05, 0.1) is 18.8 Å². The van der Waals surface area contributed by atoms with Crippen LogP contribution in [0.5, 0.6) is 5.75 Å². The summed E-state index contributed by atoms with van der Waals surface area (Å²) in [4.78, 5) is 4.48. The summed E-state index contributed by atoms with van der Waals surface area (Å²) in [6.07, 6.45) is 0. The highest BCUT2D eigenvalue weighted by atomic mass is 32.1. The zero-order valence-corrected chi connectivity index (χ0v) is 21.9. The number of anilines is 1. The van der Waals surface area contributed by atoms with E-state index in [1.807, 2.05) is 30.3 Å². The van der Waals surface area contributed by atoms with Gasteiger partial charge in [-0.2, -0.15) is 0 Å². The van der Waals surface area contributed by atoms with Gasteiger partial charge in [-0.15, -0.1) is 0 Å². The van der Waals surface area contributed by atoms with E-state index in [2.05, 4.69) is 33.3 Å². The molecule has 1 saturated heterocycles. The number of piperazine rings is 1. The number of nitrogens with one attached hydrogen (secondary N) is 1. The van der Waals surface area contributed by atoms with Gasteiger partial charge < -0.3 is 15.0 Å². The molecule has 0 radical (unpaired) electrons. The highest BCUT2D eigenvalue weighted by molar-refractivity contribution is 7.80. The normalized spacial score (nSPS) is 13.9. The number of nitrogens with zero attached hydrogens (tertiary/aromatic N) is 2. The molecule has 1 aliphatic rings. The van der Waals surface area contributed by atoms with E-state index in [9.17, 15) is 8.78 Å². The van der Waals surface area contributed by atoms with Gasteiger partial charge in [-0.25, -0.2) is 8.78 Å². The lowest BCUT2D eigenvalue weighted by Gasteiger charge is -2.40. The lowest BCUT2D eigenvalue weighted by molar-refractivity contribution is 0.151. The van der Waals surface area contributed by atoms with Crippen molar-refractivity contribution in [2.45, 2.75) is 6.04 Å². The summed E-state index contributed by atoms with van der Waals surface area (Å²) >= 11 is 5.80. The van der Waals surface area contributed by atoms with Gasteiger partial charge in [0.1, 0.15) is 17.4 Å². The summed E-state index contributed by atoms with van der Waals surface area (Å²) in [5.74, 6) is 0.164. The number of methoxy groups -OCH3 is 1. The van der Waals surface area contributed by atoms with Crippen molar-refractivity contribution in [2.24, 2.45) is 0 Å². The van der Waals surface area contributed by atoms with Crippen LogP contribution in [-0.2, 0) is 0 Å². The van der Waals surface area contributed by atoms with Crippen molar-refractivity contribution in [3.05, 3.63) is 120 Å². The topological polar surface area (TPSA) is 27.7 Å². The van der Waals surface area contributed by atoms with E-state index in [0.29, 0.717) is 18.2 Å². The van der Waals surface area contributed by atoms with E-state index in [0.717, 1.165) is 46.8 Å². The van der Waals surface area contributed by atoms with Gasteiger partial charge in [-0.05, 0) is 70.9 Å². The van der Waals surface area contributed by atoms with Crippen molar-refractivity contribution < 1.29 is 13.5 Å². The molecule has 0 aromatic heterocycles. The zero-order valence-electron chi connectivity index (χ0n) is 21.1. The van der Waals surface area contributed by atoms with Gasteiger partial charge in [0.15, 0.2) is 5.11 Å². The van der Waals surface area contributed by atoms with Gasteiger partial charge in [0, 0.05) is 26.2 Å². The fourth-order valence-electron chi connectivity index (χ4n) is 4.90. The summed E-state index contributed by atoms with van der Waals surface area (Å²) in [5.41, 5.74) is 4.94. The molecule has 0 bridgehead atoms. The molecule has 0 unspecified atom stereocenters. The molecule has 0 saturated carbocycles. The van der Waals surface area contributed by atoms with Gasteiger partial charge in [0.2, 0.25) is 0 Å². The Labute approximate surface area is 227 Å². The maximum Gasteiger partial charge on any atom is 0.173 e. The largest absolute Gasteiger partial charge is 0.495 e. The van der Waals surface area contributed by atoms with Gasteiger partial charge in [0.25, 0.3) is 0 Å². The average molecular weight is 530 g/mol. The first-order valence-corrected chi connectivity index (χ1v) is 13.0. The Morgan fingerprint density at radius 3 is 1.89 bits per heavy atom. The summed E-state index contributed by atoms with van der Waals surface area (Å²) in [7, 11) is 1.65. The molecular formula is C31H29F2N3OS. The van der Waals surface area contributed by atoms with Crippen molar-refractivity contribution in [3.63, 3.8) is 0 Å². The summed E-state index contributed by atoms with van der Waals surface area (Å²) in [6.45, 7) is 2.90. The van der Waals surface area contributed by atoms with E-state index in [1.54, 1.807) is 31.4 Å². The lowest BCUT2D eigenvalue weighted by atomic mass is 9.96. The third-order valence-electron chi connectivity index (χ3n) is 6.89. The van der Waals surface area contributed by atoms with Crippen molar-refractivity contribution in [1.29, 1.82) is 0 Å². The molecule has 4 aromatic rings. The first kappa shape index (κ1) is 25.8. The fraction of sp³-hybridized carbons (Fsp3) is 0.194. The van der Waals surface area contributed by atoms with Crippen LogP contribution < -0.4 is 10.1 Å². The first-order valence-electron chi connectivity index (χ1n) is 12.6. The zero-order chi connectivity index (χ0) is 26.5. The molecule has 5 rings (SSSR count). The maximum atomic E-state index is 13.6. The second kappa shape index (κ2) is 11.7. The Balaban J connectivity index is 1.30. The van der Waals surface area contributed by atoms with Crippen LogP contribution in [0.4, 0.5) is 14.5 Å². The molecule has 38 heavy (non-hydrogen) atoms. The number of rotatable bonds is 6. The number of thiocarbonyl (C=S) groups is 1. The van der Waals surface area contributed by atoms with Crippen molar-refractivity contribution in [2.75, 3.05) is 38.6 Å². The van der Waals surface area contributed by atoms with Crippen LogP contribution in [0, 0.1) is 11.6 Å². The molecule has 1 heterocycles. The molecule has 1 fully saturated rings. The van der Waals surface area contributed by atoms with Crippen molar-refractivity contribution in [3.8, 4) is 16.9 Å². The maximum absolute atomic E-state index is 13.6. The van der Waals surface area contributed by atoms with E-state index < -0.39 is 0 Å². The second-order valence-electron chi connectivity index (χ2n) is 9.24. The number of halogens is 2. The van der Waals surface area contributed by atoms with Crippen molar-refractivity contribution >= 4 is 23.0 Å². The van der Waals surface area contributed by atoms with Crippen LogP contribution in [0.3, 0.4) is 0 Å². The highest BCUT2D eigenvalue weighted by Crippen LogP contribution is 2.32. The minimum absolute atomic E-state index is 0.109. The molecule has 4 aromatic carbocycles. The van der Waals surface area contributed by atoms with Crippen LogP contribution in [0.2, 0.25) is 0 Å². The average Bonchev–Trinajstić information content (AvgIpc) is 2.96. The molecule has 0 atom stereocenters. The standard InChI is InChI=1S/C31H29F2N3OS/c1-37-29-16-11-25(22-5-3-2-4-6-22)21-28(29)34-31(38)36-19-17-35(18-20-36)30(23-7-12-26(32)13-8-23)24-9-14-27(33)15-10-24/h2-16,21,30H,17-20H2,1H3,(H,34,38). The molecule has 4 nitrogen and oxygen atoms in total. The number of hydrogen-bond donors (Lipinski definition) is 1. The third kappa shape index (κ3) is 5.85. The Kier molecular flexibility index (Phi) is 7.96. The van der Waals surface area contributed by atoms with Gasteiger partial charge in [-0.3, -0.25) is 4.90 Å². The first-order chi connectivity index (χ1) is 18.5. The van der Waals surface area contributed by atoms with Crippen LogP contribution in [0.25, 0.3) is 11.1 Å². The molecule has 1 N–H and O–H groups in total. The Hall–Kier alpha value is -3.81.